The minimum Gasteiger partial charge on any atom is -0.338 e. The second kappa shape index (κ2) is 6.24. The van der Waals surface area contributed by atoms with Crippen molar-refractivity contribution < 1.29 is 4.79 Å². The highest BCUT2D eigenvalue weighted by Gasteiger charge is 2.41. The number of amides is 1. The maximum absolute atomic E-state index is 11.0. The van der Waals surface area contributed by atoms with Gasteiger partial charge in [0.2, 0.25) is 6.41 Å². The fourth-order valence-corrected chi connectivity index (χ4v) is 3.06. The van der Waals surface area contributed by atoms with Crippen molar-refractivity contribution in [2.45, 2.75) is 51.5 Å². The van der Waals surface area contributed by atoms with Gasteiger partial charge in [-0.2, -0.15) is 0 Å². The van der Waals surface area contributed by atoms with Crippen molar-refractivity contribution in [1.29, 1.82) is 0 Å². The van der Waals surface area contributed by atoms with Crippen molar-refractivity contribution in [2.75, 3.05) is 26.7 Å². The fraction of sp³-hybridized carbons (Fsp3) is 0.923. The van der Waals surface area contributed by atoms with Crippen molar-refractivity contribution in [3.8, 4) is 0 Å². The first-order valence-corrected chi connectivity index (χ1v) is 6.67. The lowest BCUT2D eigenvalue weighted by molar-refractivity contribution is -0.122. The van der Waals surface area contributed by atoms with Gasteiger partial charge in [0, 0.05) is 13.1 Å². The Kier molecular flexibility index (Phi) is 5.26. The van der Waals surface area contributed by atoms with Crippen LogP contribution in [0.15, 0.2) is 0 Å². The van der Waals surface area contributed by atoms with Crippen LogP contribution in [-0.4, -0.2) is 48.4 Å². The van der Waals surface area contributed by atoms with Gasteiger partial charge in [-0.25, -0.2) is 0 Å². The van der Waals surface area contributed by atoms with Crippen LogP contribution in [0.4, 0.5) is 0 Å². The zero-order valence-corrected chi connectivity index (χ0v) is 11.0. The number of likely N-dealkylation sites (tertiary alicyclic amines) is 2. The molecule has 0 bridgehead atoms. The molecule has 16 heavy (non-hydrogen) atoms. The first-order chi connectivity index (χ1) is 7.77. The minimum absolute atomic E-state index is 0.188. The molecule has 1 amide bonds. The number of rotatable bonds is 1. The number of hydrogen-bond donors (Lipinski definition) is 0. The van der Waals surface area contributed by atoms with Gasteiger partial charge in [0.05, 0.1) is 5.54 Å². The van der Waals surface area contributed by atoms with Gasteiger partial charge in [-0.15, -0.1) is 0 Å². The molecule has 1 spiro atoms. The normalized spacial score (nSPS) is 30.8. The summed E-state index contributed by atoms with van der Waals surface area (Å²) in [5, 5.41) is 0. The van der Waals surface area contributed by atoms with Crippen LogP contribution in [0.3, 0.4) is 0 Å². The Morgan fingerprint density at radius 2 is 1.75 bits per heavy atom. The molecule has 2 rings (SSSR count). The van der Waals surface area contributed by atoms with Gasteiger partial charge in [0.15, 0.2) is 0 Å². The first kappa shape index (κ1) is 13.5. The number of carbonyl (C=O) groups is 1. The molecule has 0 aromatic rings. The quantitative estimate of drug-likeness (QED) is 0.639. The first-order valence-electron chi connectivity index (χ1n) is 6.67. The highest BCUT2D eigenvalue weighted by Crippen LogP contribution is 2.35. The van der Waals surface area contributed by atoms with Crippen molar-refractivity contribution in [3.63, 3.8) is 0 Å². The molecule has 2 saturated heterocycles. The highest BCUT2D eigenvalue weighted by atomic mass is 16.1. The van der Waals surface area contributed by atoms with Gasteiger partial charge in [-0.3, -0.25) is 4.79 Å². The second-order valence-corrected chi connectivity index (χ2v) is 4.82. The third kappa shape index (κ3) is 2.76. The molecule has 1 unspecified atom stereocenters. The SMILES string of the molecule is CC.CN1CCCCC2(CCCN2C=O)C1. The number of hydrogen-bond acceptors (Lipinski definition) is 2. The Balaban J connectivity index is 0.000000606. The summed E-state index contributed by atoms with van der Waals surface area (Å²) >= 11 is 0. The number of likely N-dealkylation sites (N-methyl/N-ethyl adjacent to an activating group) is 1. The van der Waals surface area contributed by atoms with Crippen LogP contribution in [0.5, 0.6) is 0 Å². The third-order valence-electron chi connectivity index (χ3n) is 3.77. The van der Waals surface area contributed by atoms with E-state index in [4.69, 9.17) is 0 Å². The summed E-state index contributed by atoms with van der Waals surface area (Å²) in [6, 6.07) is 0. The summed E-state index contributed by atoms with van der Waals surface area (Å²) in [5.41, 5.74) is 0.188. The van der Waals surface area contributed by atoms with E-state index < -0.39 is 0 Å². The molecule has 1 atom stereocenters. The Morgan fingerprint density at radius 3 is 2.44 bits per heavy atom. The van der Waals surface area contributed by atoms with E-state index in [0.717, 1.165) is 19.5 Å². The van der Waals surface area contributed by atoms with Gasteiger partial charge in [0.25, 0.3) is 0 Å². The van der Waals surface area contributed by atoms with Crippen molar-refractivity contribution >= 4 is 6.41 Å². The lowest BCUT2D eigenvalue weighted by Crippen LogP contribution is -2.49. The predicted molar refractivity (Wildman–Crippen MR) is 67.4 cm³/mol. The van der Waals surface area contributed by atoms with E-state index in [-0.39, 0.29) is 5.54 Å². The van der Waals surface area contributed by atoms with E-state index in [2.05, 4.69) is 16.8 Å². The monoisotopic (exact) mass is 226 g/mol. The molecule has 0 aromatic heterocycles. The molecular formula is C13H26N2O. The Bertz CT molecular complexity index is 220. The molecular weight excluding hydrogens is 200 g/mol. The van der Waals surface area contributed by atoms with Crippen LogP contribution in [0, 0.1) is 0 Å². The van der Waals surface area contributed by atoms with Crippen LogP contribution in [0.25, 0.3) is 0 Å². The summed E-state index contributed by atoms with van der Waals surface area (Å²) < 4.78 is 0. The summed E-state index contributed by atoms with van der Waals surface area (Å²) in [6.07, 6.45) is 7.21. The topological polar surface area (TPSA) is 23.6 Å². The maximum Gasteiger partial charge on any atom is 0.210 e. The molecule has 0 saturated carbocycles. The molecule has 0 N–H and O–H groups in total. The van der Waals surface area contributed by atoms with E-state index in [1.165, 1.54) is 38.6 Å². The maximum atomic E-state index is 11.0. The lowest BCUT2D eigenvalue weighted by Gasteiger charge is -2.37. The van der Waals surface area contributed by atoms with Crippen LogP contribution in [0.2, 0.25) is 0 Å². The molecule has 0 aromatic carbocycles. The molecule has 3 heteroatoms. The lowest BCUT2D eigenvalue weighted by atomic mass is 9.91. The average Bonchev–Trinajstić information content (AvgIpc) is 2.59. The smallest absolute Gasteiger partial charge is 0.210 e. The zero-order chi connectivity index (χ0) is 12.0. The molecule has 0 aliphatic carbocycles. The van der Waals surface area contributed by atoms with E-state index in [1.807, 2.05) is 13.8 Å². The van der Waals surface area contributed by atoms with Crippen LogP contribution in [-0.2, 0) is 4.79 Å². The molecule has 2 aliphatic heterocycles. The van der Waals surface area contributed by atoms with Crippen molar-refractivity contribution in [3.05, 3.63) is 0 Å². The van der Waals surface area contributed by atoms with Gasteiger partial charge in [-0.05, 0) is 45.7 Å². The zero-order valence-electron chi connectivity index (χ0n) is 11.0. The number of carbonyl (C=O) groups excluding carboxylic acids is 1. The number of nitrogens with zero attached hydrogens (tertiary/aromatic N) is 2. The Morgan fingerprint density at radius 1 is 1.06 bits per heavy atom. The highest BCUT2D eigenvalue weighted by molar-refractivity contribution is 5.50. The molecule has 94 valence electrons. The molecule has 3 nitrogen and oxygen atoms in total. The van der Waals surface area contributed by atoms with E-state index >= 15 is 0 Å². The van der Waals surface area contributed by atoms with Crippen LogP contribution in [0.1, 0.15) is 46.0 Å². The van der Waals surface area contributed by atoms with Crippen molar-refractivity contribution in [2.24, 2.45) is 0 Å². The van der Waals surface area contributed by atoms with E-state index in [1.54, 1.807) is 0 Å². The third-order valence-corrected chi connectivity index (χ3v) is 3.77. The molecule has 0 radical (unpaired) electrons. The fourth-order valence-electron chi connectivity index (χ4n) is 3.06. The molecule has 2 fully saturated rings. The van der Waals surface area contributed by atoms with Gasteiger partial charge < -0.3 is 9.80 Å². The van der Waals surface area contributed by atoms with Gasteiger partial charge in [0.1, 0.15) is 0 Å². The van der Waals surface area contributed by atoms with E-state index in [9.17, 15) is 4.79 Å². The summed E-state index contributed by atoms with van der Waals surface area (Å²) in [6.45, 7) is 7.23. The minimum atomic E-state index is 0.188. The predicted octanol–water partition coefficient (Wildman–Crippen LogP) is 2.12. The Hall–Kier alpha value is -0.570. The molecule has 2 heterocycles. The van der Waals surface area contributed by atoms with Gasteiger partial charge >= 0.3 is 0 Å². The largest absolute Gasteiger partial charge is 0.338 e. The van der Waals surface area contributed by atoms with Crippen LogP contribution < -0.4 is 0 Å². The summed E-state index contributed by atoms with van der Waals surface area (Å²) in [4.78, 5) is 15.4. The summed E-state index contributed by atoms with van der Waals surface area (Å²) in [7, 11) is 2.17. The molecule has 2 aliphatic rings. The standard InChI is InChI=1S/C11H20N2O.C2H6/c1-12-7-3-2-5-11(9-12)6-4-8-13(11)10-14;1-2/h10H,2-9H2,1H3;1-2H3. The van der Waals surface area contributed by atoms with Gasteiger partial charge in [-0.1, -0.05) is 13.8 Å². The van der Waals surface area contributed by atoms with Crippen molar-refractivity contribution in [1.82, 2.24) is 9.80 Å². The Labute approximate surface area is 99.8 Å². The van der Waals surface area contributed by atoms with E-state index in [0.29, 0.717) is 0 Å². The average molecular weight is 226 g/mol. The van der Waals surface area contributed by atoms with Crippen LogP contribution >= 0.6 is 0 Å². The summed E-state index contributed by atoms with van der Waals surface area (Å²) in [5.74, 6) is 0. The second-order valence-electron chi connectivity index (χ2n) is 4.82.